The minimum absolute atomic E-state index is 0.0354. The van der Waals surface area contributed by atoms with Crippen LogP contribution in [0.3, 0.4) is 0 Å². The van der Waals surface area contributed by atoms with Crippen LogP contribution in [0.4, 0.5) is 0 Å². The predicted molar refractivity (Wildman–Crippen MR) is 268 cm³/mol. The molecule has 0 bridgehead atoms. The second-order valence-corrected chi connectivity index (χ2v) is 19.9. The third-order valence-corrected chi connectivity index (χ3v) is 12.0. The molecule has 0 aliphatic rings. The molecule has 0 fully saturated rings. The zero-order valence-corrected chi connectivity index (χ0v) is 42.9. The molecule has 0 aliphatic heterocycles. The summed E-state index contributed by atoms with van der Waals surface area (Å²) in [6, 6.07) is 0. The van der Waals surface area contributed by atoms with Crippen LogP contribution in [0.5, 0.6) is 0 Å². The molecule has 0 saturated carbocycles. The highest BCUT2D eigenvalue weighted by atomic mass is 31.2. The van der Waals surface area contributed by atoms with Gasteiger partial charge in [-0.25, -0.2) is 0 Å². The lowest BCUT2D eigenvalue weighted by molar-refractivity contribution is -0.870. The van der Waals surface area contributed by atoms with E-state index in [0.29, 0.717) is 23.9 Å². The highest BCUT2D eigenvalue weighted by Gasteiger charge is 2.21. The molecule has 0 heterocycles. The molecule has 0 aliphatic carbocycles. The lowest BCUT2D eigenvalue weighted by Crippen LogP contribution is -2.37. The predicted octanol–water partition coefficient (Wildman–Crippen LogP) is 15.0. The summed E-state index contributed by atoms with van der Waals surface area (Å²) in [6.07, 6.45) is 56.9. The van der Waals surface area contributed by atoms with Crippen molar-refractivity contribution in [1.82, 2.24) is 0 Å². The SMILES string of the molecule is CCC/C=C\C/C=C\CCCCCCCC(=O)OCC(COP(=O)([O-])OCC[N+](C)(C)C)OC(=O)CCCCCCCCCCCCCC/C=C\C/C=C\C/C=C\CCCCCCC. The molecule has 0 rings (SSSR count). The number of rotatable bonds is 47. The maximum atomic E-state index is 12.7. The van der Waals surface area contributed by atoms with Crippen molar-refractivity contribution in [3.63, 3.8) is 0 Å². The fraction of sp³-hybridized carbons (Fsp3) is 0.778. The monoisotopic (exact) mass is 920 g/mol. The highest BCUT2D eigenvalue weighted by molar-refractivity contribution is 7.45. The van der Waals surface area contributed by atoms with Crippen molar-refractivity contribution in [3.05, 3.63) is 60.8 Å². The van der Waals surface area contributed by atoms with Gasteiger partial charge in [0.1, 0.15) is 19.8 Å². The topological polar surface area (TPSA) is 111 Å². The second kappa shape index (κ2) is 45.8. The maximum Gasteiger partial charge on any atom is 0.306 e. The minimum Gasteiger partial charge on any atom is -0.756 e. The quantitative estimate of drug-likeness (QED) is 0.0195. The number of hydrogen-bond acceptors (Lipinski definition) is 8. The van der Waals surface area contributed by atoms with Crippen molar-refractivity contribution in [2.75, 3.05) is 47.5 Å². The lowest BCUT2D eigenvalue weighted by Gasteiger charge is -2.28. The third-order valence-electron chi connectivity index (χ3n) is 11.0. The number of phosphoric acid groups is 1. The summed E-state index contributed by atoms with van der Waals surface area (Å²) >= 11 is 0. The van der Waals surface area contributed by atoms with Crippen LogP contribution in [0.1, 0.15) is 219 Å². The molecule has 64 heavy (non-hydrogen) atoms. The number of allylic oxidation sites excluding steroid dienone is 10. The normalized spacial score (nSPS) is 13.9. The summed E-state index contributed by atoms with van der Waals surface area (Å²) < 4.78 is 34.0. The first kappa shape index (κ1) is 61.7. The Morgan fingerprint density at radius 3 is 1.31 bits per heavy atom. The smallest absolute Gasteiger partial charge is 0.306 e. The van der Waals surface area contributed by atoms with Gasteiger partial charge in [-0.2, -0.15) is 0 Å². The highest BCUT2D eigenvalue weighted by Crippen LogP contribution is 2.38. The fourth-order valence-electron chi connectivity index (χ4n) is 6.94. The molecule has 9 nitrogen and oxygen atoms in total. The Bertz CT molecular complexity index is 1270. The summed E-state index contributed by atoms with van der Waals surface area (Å²) in [4.78, 5) is 37.7. The number of nitrogens with zero attached hydrogens (tertiary/aromatic N) is 1. The van der Waals surface area contributed by atoms with E-state index in [0.717, 1.165) is 77.0 Å². The van der Waals surface area contributed by atoms with Gasteiger partial charge in [0.15, 0.2) is 6.10 Å². The van der Waals surface area contributed by atoms with Crippen molar-refractivity contribution in [1.29, 1.82) is 0 Å². The van der Waals surface area contributed by atoms with E-state index in [1.165, 1.54) is 103 Å². The Morgan fingerprint density at radius 2 is 0.875 bits per heavy atom. The van der Waals surface area contributed by atoms with E-state index < -0.39 is 32.5 Å². The van der Waals surface area contributed by atoms with Crippen LogP contribution in [0.25, 0.3) is 0 Å². The van der Waals surface area contributed by atoms with E-state index >= 15 is 0 Å². The molecule has 2 unspecified atom stereocenters. The zero-order chi connectivity index (χ0) is 47.1. The van der Waals surface area contributed by atoms with Gasteiger partial charge in [-0.1, -0.05) is 190 Å². The molecule has 0 radical (unpaired) electrons. The zero-order valence-electron chi connectivity index (χ0n) is 42.0. The van der Waals surface area contributed by atoms with Gasteiger partial charge in [0.2, 0.25) is 0 Å². The van der Waals surface area contributed by atoms with E-state index in [4.69, 9.17) is 18.5 Å². The van der Waals surface area contributed by atoms with Gasteiger partial charge in [-0.05, 0) is 77.0 Å². The molecular weight excluding hydrogens is 822 g/mol. The van der Waals surface area contributed by atoms with Crippen LogP contribution in [0.2, 0.25) is 0 Å². The number of unbranched alkanes of at least 4 members (excludes halogenated alkanes) is 23. The van der Waals surface area contributed by atoms with Crippen molar-refractivity contribution < 1.29 is 42.1 Å². The molecule has 0 amide bonds. The van der Waals surface area contributed by atoms with Crippen molar-refractivity contribution >= 4 is 19.8 Å². The minimum atomic E-state index is -4.63. The molecule has 0 aromatic rings. The first-order chi connectivity index (χ1) is 31.0. The largest absolute Gasteiger partial charge is 0.756 e. The van der Waals surface area contributed by atoms with Gasteiger partial charge in [0.25, 0.3) is 7.82 Å². The molecule has 10 heteroatoms. The molecule has 372 valence electrons. The summed E-state index contributed by atoms with van der Waals surface area (Å²) in [5.41, 5.74) is 0. The molecule has 0 N–H and O–H groups in total. The van der Waals surface area contributed by atoms with Gasteiger partial charge in [-0.3, -0.25) is 14.2 Å². The van der Waals surface area contributed by atoms with Crippen LogP contribution in [0.15, 0.2) is 60.8 Å². The third kappa shape index (κ3) is 49.2. The van der Waals surface area contributed by atoms with E-state index in [-0.39, 0.29) is 26.1 Å². The number of carbonyl (C=O) groups is 2. The van der Waals surface area contributed by atoms with Gasteiger partial charge in [0.05, 0.1) is 27.7 Å². The van der Waals surface area contributed by atoms with Crippen LogP contribution < -0.4 is 4.89 Å². The number of esters is 2. The van der Waals surface area contributed by atoms with Gasteiger partial charge >= 0.3 is 11.9 Å². The Balaban J connectivity index is 4.18. The van der Waals surface area contributed by atoms with Gasteiger partial charge < -0.3 is 27.9 Å². The summed E-state index contributed by atoms with van der Waals surface area (Å²) in [5.74, 6) is -0.852. The first-order valence-corrected chi connectivity index (χ1v) is 27.5. The second-order valence-electron chi connectivity index (χ2n) is 18.5. The Morgan fingerprint density at radius 1 is 0.484 bits per heavy atom. The molecule has 0 aromatic carbocycles. The van der Waals surface area contributed by atoms with E-state index in [9.17, 15) is 19.0 Å². The molecule has 0 spiro atoms. The standard InChI is InChI=1S/C54H98NO8P/c1-6-8-10-12-14-16-18-20-21-22-23-24-25-26-27-28-29-30-31-32-33-35-37-39-41-43-45-47-54(57)63-52(51-62-64(58,59)61-49-48-55(3,4)5)50-60-53(56)46-44-42-40-38-36-34-19-17-15-13-11-9-7-2/h11,13,17-20,22-23,25-26,52H,6-10,12,14-16,21,24,27-51H2,1-5H3/b13-11-,19-17-,20-18-,23-22-,26-25-. The average molecular weight is 920 g/mol. The molecule has 0 saturated heterocycles. The molecule has 2 atom stereocenters. The van der Waals surface area contributed by atoms with Crippen LogP contribution in [-0.2, 0) is 32.7 Å². The van der Waals surface area contributed by atoms with Crippen LogP contribution in [-0.4, -0.2) is 70.0 Å². The molecule has 0 aromatic heterocycles. The fourth-order valence-corrected chi connectivity index (χ4v) is 7.66. The Hall–Kier alpha value is -2.29. The van der Waals surface area contributed by atoms with Crippen LogP contribution in [0, 0.1) is 0 Å². The number of phosphoric ester groups is 1. The first-order valence-electron chi connectivity index (χ1n) is 26.0. The Labute approximate surface area is 394 Å². The number of carbonyl (C=O) groups excluding carboxylic acids is 2. The van der Waals surface area contributed by atoms with Gasteiger partial charge in [-0.15, -0.1) is 0 Å². The van der Waals surface area contributed by atoms with E-state index in [1.54, 1.807) is 0 Å². The van der Waals surface area contributed by atoms with Crippen molar-refractivity contribution in [2.24, 2.45) is 0 Å². The lowest BCUT2D eigenvalue weighted by atomic mass is 10.0. The summed E-state index contributed by atoms with van der Waals surface area (Å²) in [7, 11) is 1.15. The van der Waals surface area contributed by atoms with Crippen molar-refractivity contribution in [3.8, 4) is 0 Å². The average Bonchev–Trinajstić information content (AvgIpc) is 3.25. The Kier molecular flexibility index (Phi) is 44.2. The number of ether oxygens (including phenoxy) is 2. The van der Waals surface area contributed by atoms with E-state index in [1.807, 2.05) is 21.1 Å². The number of likely N-dealkylation sites (N-methyl/N-ethyl adjacent to an activating group) is 1. The van der Waals surface area contributed by atoms with Crippen molar-refractivity contribution in [2.45, 2.75) is 225 Å². The maximum absolute atomic E-state index is 12.7. The summed E-state index contributed by atoms with van der Waals surface area (Å²) in [5, 5.41) is 0. The summed E-state index contributed by atoms with van der Waals surface area (Å²) in [6.45, 7) is 4.14. The number of hydrogen-bond donors (Lipinski definition) is 0. The number of quaternary nitrogens is 1. The van der Waals surface area contributed by atoms with Crippen LogP contribution >= 0.6 is 7.82 Å². The van der Waals surface area contributed by atoms with Gasteiger partial charge in [0, 0.05) is 12.8 Å². The van der Waals surface area contributed by atoms with E-state index in [2.05, 4.69) is 74.6 Å². The molecular formula is C54H98NO8P.